The number of phenolic OH excluding ortho intramolecular Hbond substituents is 1. The van der Waals surface area contributed by atoms with Gasteiger partial charge in [-0.2, -0.15) is 0 Å². The van der Waals surface area contributed by atoms with E-state index in [9.17, 15) is 5.11 Å². The lowest BCUT2D eigenvalue weighted by Crippen LogP contribution is -1.95. The van der Waals surface area contributed by atoms with Gasteiger partial charge in [-0.05, 0) is 34.0 Å². The number of benzene rings is 1. The molecule has 3 N–H and O–H groups in total. The van der Waals surface area contributed by atoms with Crippen LogP contribution in [0.3, 0.4) is 0 Å². The maximum absolute atomic E-state index is 9.97. The Morgan fingerprint density at radius 3 is 2.75 bits per heavy atom. The second-order valence-corrected chi connectivity index (χ2v) is 4.10. The fourth-order valence-corrected chi connectivity index (χ4v) is 2.17. The molecule has 0 saturated carbocycles. The van der Waals surface area contributed by atoms with Crippen LogP contribution in [0.4, 0.5) is 0 Å². The highest BCUT2D eigenvalue weighted by molar-refractivity contribution is 9.10. The van der Waals surface area contributed by atoms with Crippen molar-refractivity contribution in [1.29, 1.82) is 0 Å². The largest absolute Gasteiger partial charge is 0.504 e. The average Bonchev–Trinajstić information content (AvgIpc) is 2.29. The van der Waals surface area contributed by atoms with Crippen LogP contribution in [0.25, 0.3) is 6.08 Å². The maximum Gasteiger partial charge on any atom is 0.166 e. The predicted octanol–water partition coefficient (Wildman–Crippen LogP) is 2.70. The summed E-state index contributed by atoms with van der Waals surface area (Å²) in [4.78, 5) is 0. The van der Waals surface area contributed by atoms with Crippen molar-refractivity contribution in [3.63, 3.8) is 0 Å². The molecule has 0 radical (unpaired) electrons. The van der Waals surface area contributed by atoms with Crippen molar-refractivity contribution < 1.29 is 9.84 Å². The Balaban J connectivity index is 3.37. The van der Waals surface area contributed by atoms with Crippen LogP contribution in [0.2, 0.25) is 0 Å². The summed E-state index contributed by atoms with van der Waals surface area (Å²) in [6, 6.07) is 1.83. The van der Waals surface area contributed by atoms with Crippen molar-refractivity contribution >= 4 is 22.0 Å². The molecular formula is C12H16BrNO2. The Bertz CT molecular complexity index is 374. The van der Waals surface area contributed by atoms with E-state index < -0.39 is 0 Å². The lowest BCUT2D eigenvalue weighted by atomic mass is 10.1. The van der Waals surface area contributed by atoms with Gasteiger partial charge in [-0.25, -0.2) is 0 Å². The fourth-order valence-electron chi connectivity index (χ4n) is 1.45. The van der Waals surface area contributed by atoms with Gasteiger partial charge in [0, 0.05) is 16.6 Å². The Morgan fingerprint density at radius 1 is 1.56 bits per heavy atom. The molecule has 1 aromatic carbocycles. The molecule has 1 aromatic rings. The number of methoxy groups -OCH3 is 1. The Hall–Kier alpha value is -1.00. The van der Waals surface area contributed by atoms with E-state index in [-0.39, 0.29) is 5.75 Å². The van der Waals surface area contributed by atoms with Crippen molar-refractivity contribution in [2.24, 2.45) is 5.73 Å². The normalized spacial score (nSPS) is 11.0. The van der Waals surface area contributed by atoms with E-state index in [1.165, 1.54) is 0 Å². The molecule has 0 heterocycles. The molecule has 3 nitrogen and oxygen atoms in total. The van der Waals surface area contributed by atoms with E-state index in [2.05, 4.69) is 15.9 Å². The quantitative estimate of drug-likeness (QED) is 0.894. The molecule has 0 amide bonds. The van der Waals surface area contributed by atoms with E-state index in [1.807, 2.05) is 13.0 Å². The van der Waals surface area contributed by atoms with E-state index in [4.69, 9.17) is 10.5 Å². The van der Waals surface area contributed by atoms with E-state index in [0.29, 0.717) is 17.9 Å². The van der Waals surface area contributed by atoms with Crippen LogP contribution in [0.15, 0.2) is 16.6 Å². The van der Waals surface area contributed by atoms with Gasteiger partial charge in [-0.1, -0.05) is 19.1 Å². The SMILES string of the molecule is CCc1cc(OC)c(O)c(/C=C/CN)c1Br. The highest BCUT2D eigenvalue weighted by Gasteiger charge is 2.13. The minimum Gasteiger partial charge on any atom is -0.504 e. The highest BCUT2D eigenvalue weighted by atomic mass is 79.9. The molecule has 0 unspecified atom stereocenters. The Kier molecular flexibility index (Phi) is 4.83. The molecular weight excluding hydrogens is 270 g/mol. The zero-order valence-electron chi connectivity index (χ0n) is 9.46. The zero-order chi connectivity index (χ0) is 12.1. The summed E-state index contributed by atoms with van der Waals surface area (Å²) in [6.07, 6.45) is 4.44. The monoisotopic (exact) mass is 285 g/mol. The molecule has 0 atom stereocenters. The maximum atomic E-state index is 9.97. The van der Waals surface area contributed by atoms with Gasteiger partial charge in [0.1, 0.15) is 0 Å². The third-order valence-corrected chi connectivity index (χ3v) is 3.27. The molecule has 0 aromatic heterocycles. The number of rotatable bonds is 4. The average molecular weight is 286 g/mol. The van der Waals surface area contributed by atoms with Crippen LogP contribution in [0.5, 0.6) is 11.5 Å². The van der Waals surface area contributed by atoms with Gasteiger partial charge in [0.25, 0.3) is 0 Å². The van der Waals surface area contributed by atoms with Crippen LogP contribution < -0.4 is 10.5 Å². The van der Waals surface area contributed by atoms with Gasteiger partial charge in [-0.3, -0.25) is 0 Å². The lowest BCUT2D eigenvalue weighted by Gasteiger charge is -2.12. The van der Waals surface area contributed by atoms with Gasteiger partial charge in [0.05, 0.1) is 7.11 Å². The van der Waals surface area contributed by atoms with Crippen LogP contribution >= 0.6 is 15.9 Å². The number of ether oxygens (including phenoxy) is 1. The summed E-state index contributed by atoms with van der Waals surface area (Å²) in [6.45, 7) is 2.48. The molecule has 0 spiro atoms. The van der Waals surface area contributed by atoms with Crippen molar-refractivity contribution in [3.8, 4) is 11.5 Å². The third-order valence-electron chi connectivity index (χ3n) is 2.33. The molecule has 0 fully saturated rings. The first-order valence-corrected chi connectivity index (χ1v) is 5.89. The predicted molar refractivity (Wildman–Crippen MR) is 69.8 cm³/mol. The zero-order valence-corrected chi connectivity index (χ0v) is 11.0. The summed E-state index contributed by atoms with van der Waals surface area (Å²) in [7, 11) is 1.54. The number of phenols is 1. The highest BCUT2D eigenvalue weighted by Crippen LogP contribution is 2.38. The standard InChI is InChI=1S/C12H16BrNO2/c1-3-8-7-10(16-2)12(15)9(11(8)13)5-4-6-14/h4-5,7,15H,3,6,14H2,1-2H3/b5-4+. The van der Waals surface area contributed by atoms with Gasteiger partial charge in [-0.15, -0.1) is 0 Å². The smallest absolute Gasteiger partial charge is 0.166 e. The van der Waals surface area contributed by atoms with Crippen molar-refractivity contribution in [2.45, 2.75) is 13.3 Å². The first kappa shape index (κ1) is 13.1. The molecule has 0 aliphatic heterocycles. The van der Waals surface area contributed by atoms with Crippen molar-refractivity contribution in [3.05, 3.63) is 27.7 Å². The molecule has 0 bridgehead atoms. The number of nitrogens with two attached hydrogens (primary N) is 1. The molecule has 4 heteroatoms. The first-order valence-electron chi connectivity index (χ1n) is 5.10. The Morgan fingerprint density at radius 2 is 2.25 bits per heavy atom. The number of aromatic hydroxyl groups is 1. The molecule has 0 aliphatic rings. The molecule has 16 heavy (non-hydrogen) atoms. The number of hydrogen-bond donors (Lipinski definition) is 2. The number of halogens is 1. The van der Waals surface area contributed by atoms with Crippen LogP contribution in [-0.2, 0) is 6.42 Å². The fraction of sp³-hybridized carbons (Fsp3) is 0.333. The summed E-state index contributed by atoms with van der Waals surface area (Å²) in [5, 5.41) is 9.97. The van der Waals surface area contributed by atoms with E-state index in [1.54, 1.807) is 19.3 Å². The molecule has 0 aliphatic carbocycles. The molecule has 0 saturated heterocycles. The van der Waals surface area contributed by atoms with Crippen LogP contribution in [0, 0.1) is 0 Å². The van der Waals surface area contributed by atoms with Crippen molar-refractivity contribution in [1.82, 2.24) is 0 Å². The van der Waals surface area contributed by atoms with Crippen LogP contribution in [-0.4, -0.2) is 18.8 Å². The summed E-state index contributed by atoms with van der Waals surface area (Å²) < 4.78 is 6.01. The molecule has 1 rings (SSSR count). The van der Waals surface area contributed by atoms with E-state index >= 15 is 0 Å². The summed E-state index contributed by atoms with van der Waals surface area (Å²) >= 11 is 3.48. The number of aryl methyl sites for hydroxylation is 1. The third kappa shape index (κ3) is 2.57. The van der Waals surface area contributed by atoms with Crippen molar-refractivity contribution in [2.75, 3.05) is 13.7 Å². The van der Waals surface area contributed by atoms with Crippen LogP contribution in [0.1, 0.15) is 18.1 Å². The number of hydrogen-bond acceptors (Lipinski definition) is 3. The van der Waals surface area contributed by atoms with E-state index in [0.717, 1.165) is 16.5 Å². The second-order valence-electron chi connectivity index (χ2n) is 3.31. The van der Waals surface area contributed by atoms with Gasteiger partial charge in [0.15, 0.2) is 11.5 Å². The molecule has 88 valence electrons. The Labute approximate surface area is 104 Å². The first-order chi connectivity index (χ1) is 7.65. The lowest BCUT2D eigenvalue weighted by molar-refractivity contribution is 0.372. The van der Waals surface area contributed by atoms with Gasteiger partial charge >= 0.3 is 0 Å². The summed E-state index contributed by atoms with van der Waals surface area (Å²) in [5.74, 6) is 0.619. The minimum absolute atomic E-state index is 0.135. The topological polar surface area (TPSA) is 55.5 Å². The summed E-state index contributed by atoms with van der Waals surface area (Å²) in [5.41, 5.74) is 7.20. The van der Waals surface area contributed by atoms with Gasteiger partial charge < -0.3 is 15.6 Å². The minimum atomic E-state index is 0.135. The van der Waals surface area contributed by atoms with Gasteiger partial charge in [0.2, 0.25) is 0 Å². The second kappa shape index (κ2) is 5.92.